The second-order valence-corrected chi connectivity index (χ2v) is 7.71. The van der Waals surface area contributed by atoms with Crippen molar-refractivity contribution in [2.45, 2.75) is 38.1 Å². The first kappa shape index (κ1) is 19.2. The van der Waals surface area contributed by atoms with Crippen LogP contribution in [0.2, 0.25) is 0 Å². The van der Waals surface area contributed by atoms with Crippen LogP contribution in [0.15, 0.2) is 24.3 Å². The summed E-state index contributed by atoms with van der Waals surface area (Å²) in [5.74, 6) is 1.19. The van der Waals surface area contributed by atoms with Gasteiger partial charge in [-0.1, -0.05) is 12.1 Å². The third-order valence-electron chi connectivity index (χ3n) is 5.71. The number of nitrogens with one attached hydrogen (secondary N) is 1. The second kappa shape index (κ2) is 9.38. The van der Waals surface area contributed by atoms with Crippen molar-refractivity contribution in [1.82, 2.24) is 5.32 Å². The van der Waals surface area contributed by atoms with Gasteiger partial charge in [-0.05, 0) is 49.3 Å². The summed E-state index contributed by atoms with van der Waals surface area (Å²) < 4.78 is 11.2. The lowest BCUT2D eigenvalue weighted by Crippen LogP contribution is -2.49. The molecule has 0 saturated carbocycles. The van der Waals surface area contributed by atoms with Gasteiger partial charge in [-0.2, -0.15) is 0 Å². The van der Waals surface area contributed by atoms with Gasteiger partial charge in [0.1, 0.15) is 0 Å². The van der Waals surface area contributed by atoms with Crippen LogP contribution in [0.5, 0.6) is 0 Å². The molecule has 3 rings (SSSR count). The largest absolute Gasteiger partial charge is 0.381 e. The van der Waals surface area contributed by atoms with Gasteiger partial charge in [0.15, 0.2) is 0 Å². The Labute approximate surface area is 157 Å². The minimum atomic E-state index is 0.158. The third-order valence-corrected chi connectivity index (χ3v) is 5.71. The van der Waals surface area contributed by atoms with Crippen LogP contribution >= 0.6 is 0 Å². The molecule has 0 aromatic heterocycles. The summed E-state index contributed by atoms with van der Waals surface area (Å²) in [5.41, 5.74) is 2.39. The fourth-order valence-electron chi connectivity index (χ4n) is 4.05. The Morgan fingerprint density at radius 1 is 1.08 bits per heavy atom. The molecule has 2 fully saturated rings. The van der Waals surface area contributed by atoms with E-state index in [0.29, 0.717) is 18.3 Å². The highest BCUT2D eigenvalue weighted by atomic mass is 16.5. The Morgan fingerprint density at radius 2 is 1.77 bits per heavy atom. The third kappa shape index (κ3) is 5.21. The Balaban J connectivity index is 1.49. The normalized spacial score (nSPS) is 24.2. The van der Waals surface area contributed by atoms with Gasteiger partial charge in [-0.15, -0.1) is 0 Å². The number of hydrogen-bond acceptors (Lipinski definition) is 4. The van der Waals surface area contributed by atoms with Crippen molar-refractivity contribution in [1.29, 1.82) is 0 Å². The molecule has 5 heteroatoms. The van der Waals surface area contributed by atoms with Crippen molar-refractivity contribution in [3.8, 4) is 0 Å². The van der Waals surface area contributed by atoms with Crippen molar-refractivity contribution >= 4 is 11.6 Å². The lowest BCUT2D eigenvalue weighted by atomic mass is 9.79. The first-order valence-corrected chi connectivity index (χ1v) is 9.84. The van der Waals surface area contributed by atoms with E-state index in [1.54, 1.807) is 0 Å². The maximum absolute atomic E-state index is 12.5. The van der Waals surface area contributed by atoms with Gasteiger partial charge in [-0.25, -0.2) is 0 Å². The average Bonchev–Trinajstić information content (AvgIpc) is 2.68. The van der Waals surface area contributed by atoms with E-state index in [0.717, 1.165) is 52.1 Å². The van der Waals surface area contributed by atoms with Crippen molar-refractivity contribution in [2.75, 3.05) is 45.4 Å². The van der Waals surface area contributed by atoms with Crippen LogP contribution in [-0.4, -0.2) is 52.5 Å². The summed E-state index contributed by atoms with van der Waals surface area (Å²) >= 11 is 0. The summed E-state index contributed by atoms with van der Waals surface area (Å²) in [6.07, 6.45) is 4.41. The van der Waals surface area contributed by atoms with Crippen LogP contribution in [0.4, 0.5) is 5.69 Å². The molecule has 2 saturated heterocycles. The number of ether oxygens (including phenoxy) is 2. The Kier molecular flexibility index (Phi) is 6.92. The Bertz CT molecular complexity index is 567. The zero-order valence-electron chi connectivity index (χ0n) is 16.1. The zero-order chi connectivity index (χ0) is 18.4. The number of carbonyl (C=O) groups excluding carboxylic acids is 1. The van der Waals surface area contributed by atoms with Crippen LogP contribution in [0.3, 0.4) is 0 Å². The summed E-state index contributed by atoms with van der Waals surface area (Å²) in [5, 5.41) is 3.30. The number of nitrogens with zero attached hydrogens (tertiary/aromatic N) is 1. The summed E-state index contributed by atoms with van der Waals surface area (Å²) in [6.45, 7) is 3.19. The molecule has 1 aromatic rings. The molecule has 5 nitrogen and oxygen atoms in total. The molecule has 2 unspecified atom stereocenters. The molecule has 2 aliphatic heterocycles. The van der Waals surface area contributed by atoms with Gasteiger partial charge < -0.3 is 19.7 Å². The number of anilines is 1. The van der Waals surface area contributed by atoms with E-state index in [9.17, 15) is 4.79 Å². The molecular formula is C21H32N2O3. The van der Waals surface area contributed by atoms with Crippen molar-refractivity contribution in [3.05, 3.63) is 29.8 Å². The van der Waals surface area contributed by atoms with Crippen molar-refractivity contribution in [3.63, 3.8) is 0 Å². The molecule has 144 valence electrons. The zero-order valence-corrected chi connectivity index (χ0v) is 16.1. The predicted octanol–water partition coefficient (Wildman–Crippen LogP) is 2.63. The first-order valence-electron chi connectivity index (χ1n) is 9.84. The lowest BCUT2D eigenvalue weighted by molar-refractivity contribution is -0.123. The molecule has 26 heavy (non-hydrogen) atoms. The fourth-order valence-corrected chi connectivity index (χ4v) is 4.05. The van der Waals surface area contributed by atoms with E-state index in [1.807, 2.05) is 14.1 Å². The predicted molar refractivity (Wildman–Crippen MR) is 103 cm³/mol. The quantitative estimate of drug-likeness (QED) is 0.847. The van der Waals surface area contributed by atoms with Crippen molar-refractivity contribution in [2.24, 2.45) is 11.8 Å². The average molecular weight is 360 g/mol. The highest BCUT2D eigenvalue weighted by Crippen LogP contribution is 2.30. The van der Waals surface area contributed by atoms with Crippen LogP contribution in [-0.2, 0) is 20.7 Å². The molecular weight excluding hydrogens is 328 g/mol. The van der Waals surface area contributed by atoms with Gasteiger partial charge in [0.25, 0.3) is 0 Å². The summed E-state index contributed by atoms with van der Waals surface area (Å²) in [7, 11) is 4.07. The number of hydrogen-bond donors (Lipinski definition) is 1. The lowest BCUT2D eigenvalue weighted by Gasteiger charge is -2.39. The highest BCUT2D eigenvalue weighted by molar-refractivity contribution is 5.76. The number of amides is 1. The van der Waals surface area contributed by atoms with Crippen LogP contribution in [0.25, 0.3) is 0 Å². The molecule has 0 bridgehead atoms. The Morgan fingerprint density at radius 3 is 2.46 bits per heavy atom. The monoisotopic (exact) mass is 360 g/mol. The van der Waals surface area contributed by atoms with E-state index in [-0.39, 0.29) is 11.9 Å². The topological polar surface area (TPSA) is 50.8 Å². The minimum absolute atomic E-state index is 0.158. The van der Waals surface area contributed by atoms with Gasteiger partial charge in [0.05, 0.1) is 6.61 Å². The van der Waals surface area contributed by atoms with E-state index >= 15 is 0 Å². The SMILES string of the molecule is CN(C)c1ccc(CCC(=O)NC2CCOCC2C2CCOCC2)cc1. The summed E-state index contributed by atoms with van der Waals surface area (Å²) in [6, 6.07) is 8.68. The highest BCUT2D eigenvalue weighted by Gasteiger charge is 2.34. The van der Waals surface area contributed by atoms with E-state index < -0.39 is 0 Å². The standard InChI is InChI=1S/C21H32N2O3/c1-23(2)18-6-3-16(4-7-18)5-8-21(24)22-20-11-14-26-15-19(20)17-9-12-25-13-10-17/h3-4,6-7,17,19-20H,5,8-15H2,1-2H3,(H,22,24). The molecule has 0 radical (unpaired) electrons. The second-order valence-electron chi connectivity index (χ2n) is 7.71. The minimum Gasteiger partial charge on any atom is -0.381 e. The van der Waals surface area contributed by atoms with Gasteiger partial charge >= 0.3 is 0 Å². The van der Waals surface area contributed by atoms with Crippen molar-refractivity contribution < 1.29 is 14.3 Å². The number of rotatable bonds is 6. The maximum Gasteiger partial charge on any atom is 0.220 e. The molecule has 1 amide bonds. The van der Waals surface area contributed by atoms with Gasteiger partial charge in [0.2, 0.25) is 5.91 Å². The van der Waals surface area contributed by atoms with Crippen LogP contribution < -0.4 is 10.2 Å². The number of aryl methyl sites for hydroxylation is 1. The molecule has 1 N–H and O–H groups in total. The van der Waals surface area contributed by atoms with Gasteiger partial charge in [-0.3, -0.25) is 4.79 Å². The van der Waals surface area contributed by atoms with E-state index in [1.165, 1.54) is 11.3 Å². The van der Waals surface area contributed by atoms with Gasteiger partial charge in [0, 0.05) is 58.0 Å². The molecule has 2 aliphatic rings. The smallest absolute Gasteiger partial charge is 0.220 e. The Hall–Kier alpha value is -1.59. The molecule has 0 spiro atoms. The molecule has 2 heterocycles. The number of benzene rings is 1. The molecule has 2 atom stereocenters. The summed E-state index contributed by atoms with van der Waals surface area (Å²) in [4.78, 5) is 14.6. The van der Waals surface area contributed by atoms with Crippen LogP contribution in [0, 0.1) is 11.8 Å². The van der Waals surface area contributed by atoms with E-state index in [4.69, 9.17) is 9.47 Å². The van der Waals surface area contributed by atoms with E-state index in [2.05, 4.69) is 34.5 Å². The molecule has 1 aromatic carbocycles. The first-order chi connectivity index (χ1) is 12.6. The van der Waals surface area contributed by atoms with Crippen LogP contribution in [0.1, 0.15) is 31.2 Å². The molecule has 0 aliphatic carbocycles. The maximum atomic E-state index is 12.5. The number of carbonyl (C=O) groups is 1. The fraction of sp³-hybridized carbons (Fsp3) is 0.667.